The summed E-state index contributed by atoms with van der Waals surface area (Å²) in [5.74, 6) is -0.413. The minimum absolute atomic E-state index is 0.0358. The first-order valence-electron chi connectivity index (χ1n) is 18.4. The van der Waals surface area contributed by atoms with Crippen molar-refractivity contribution in [3.8, 4) is 5.69 Å². The van der Waals surface area contributed by atoms with Crippen LogP contribution in [-0.4, -0.2) is 114 Å². The number of amides is 3. The number of fused-ring (bicyclic) bond motifs is 1. The summed E-state index contributed by atoms with van der Waals surface area (Å²) in [5, 5.41) is 6.98. The van der Waals surface area contributed by atoms with E-state index in [-0.39, 0.29) is 23.8 Å². The molecule has 14 heteroatoms. The molecule has 7 rings (SSSR count). The van der Waals surface area contributed by atoms with Gasteiger partial charge in [-0.1, -0.05) is 61.2 Å². The van der Waals surface area contributed by atoms with Crippen molar-refractivity contribution in [2.45, 2.75) is 38.1 Å². The number of piperazine rings is 1. The maximum Gasteiger partial charge on any atom is 0.416 e. The largest absolute Gasteiger partial charge is 0.416 e. The average molecular weight is 758 g/mol. The molecule has 55 heavy (non-hydrogen) atoms. The number of nitrogens with one attached hydrogen (secondary N) is 1. The van der Waals surface area contributed by atoms with Gasteiger partial charge in [0, 0.05) is 76.0 Å². The van der Waals surface area contributed by atoms with Gasteiger partial charge in [-0.2, -0.15) is 18.3 Å². The van der Waals surface area contributed by atoms with E-state index in [0.29, 0.717) is 37.1 Å². The number of ether oxygens (including phenoxy) is 1. The quantitative estimate of drug-likeness (QED) is 0.232. The zero-order valence-electron chi connectivity index (χ0n) is 31.0. The van der Waals surface area contributed by atoms with Gasteiger partial charge in [-0.25, -0.2) is 4.68 Å². The Kier molecular flexibility index (Phi) is 12.5. The van der Waals surface area contributed by atoms with Crippen molar-refractivity contribution in [3.63, 3.8) is 0 Å². The summed E-state index contributed by atoms with van der Waals surface area (Å²) < 4.78 is 45.8. The molecular formula is C41H46F3N7O4. The number of anilines is 1. The Balaban J connectivity index is 0.000000193. The molecule has 1 aromatic heterocycles. The molecule has 0 saturated carbocycles. The highest BCUT2D eigenvalue weighted by atomic mass is 19.4. The lowest BCUT2D eigenvalue weighted by molar-refractivity contribution is -0.137. The first-order chi connectivity index (χ1) is 26.4. The van der Waals surface area contributed by atoms with Crippen LogP contribution in [0.1, 0.15) is 34.0 Å². The highest BCUT2D eigenvalue weighted by Gasteiger charge is 2.37. The summed E-state index contributed by atoms with van der Waals surface area (Å²) in [6.07, 6.45) is -2.72. The van der Waals surface area contributed by atoms with E-state index < -0.39 is 23.7 Å². The van der Waals surface area contributed by atoms with Crippen molar-refractivity contribution < 1.29 is 32.3 Å². The fourth-order valence-electron chi connectivity index (χ4n) is 6.92. The van der Waals surface area contributed by atoms with Crippen LogP contribution in [0.4, 0.5) is 19.0 Å². The van der Waals surface area contributed by atoms with Crippen LogP contribution in [0.2, 0.25) is 0 Å². The smallest absolute Gasteiger partial charge is 0.378 e. The molecule has 2 saturated heterocycles. The van der Waals surface area contributed by atoms with E-state index in [1.807, 2.05) is 67.7 Å². The minimum Gasteiger partial charge on any atom is -0.378 e. The van der Waals surface area contributed by atoms with Gasteiger partial charge in [0.05, 0.1) is 36.7 Å². The molecule has 3 aliphatic heterocycles. The van der Waals surface area contributed by atoms with Gasteiger partial charge < -0.3 is 15.0 Å². The summed E-state index contributed by atoms with van der Waals surface area (Å²) in [6.45, 7) is 13.3. The van der Waals surface area contributed by atoms with Gasteiger partial charge in [0.25, 0.3) is 17.7 Å². The van der Waals surface area contributed by atoms with Crippen molar-refractivity contribution in [2.75, 3.05) is 64.4 Å². The Morgan fingerprint density at radius 1 is 0.964 bits per heavy atom. The van der Waals surface area contributed by atoms with Gasteiger partial charge >= 0.3 is 6.18 Å². The number of aromatic nitrogens is 2. The fourth-order valence-corrected chi connectivity index (χ4v) is 6.92. The minimum atomic E-state index is -4.56. The van der Waals surface area contributed by atoms with Gasteiger partial charge in [0.1, 0.15) is 11.9 Å². The Bertz CT molecular complexity index is 1960. The molecule has 1 N–H and O–H groups in total. The lowest BCUT2D eigenvalue weighted by Crippen LogP contribution is -2.56. The number of carbonyl (C=O) groups excluding carboxylic acids is 3. The lowest BCUT2D eigenvalue weighted by Gasteiger charge is -2.42. The third-order valence-electron chi connectivity index (χ3n) is 10.0. The molecule has 0 aliphatic carbocycles. The molecule has 0 bridgehead atoms. The van der Waals surface area contributed by atoms with Crippen LogP contribution in [-0.2, 0) is 33.5 Å². The van der Waals surface area contributed by atoms with Crippen LogP contribution in [0.5, 0.6) is 0 Å². The molecule has 3 amide bonds. The van der Waals surface area contributed by atoms with Gasteiger partial charge in [-0.05, 0) is 42.8 Å². The topological polar surface area (TPSA) is 103 Å². The maximum atomic E-state index is 13.1. The number of hydrogen-bond donors (Lipinski definition) is 1. The van der Waals surface area contributed by atoms with E-state index in [4.69, 9.17) is 4.74 Å². The third kappa shape index (κ3) is 9.50. The van der Waals surface area contributed by atoms with E-state index in [2.05, 4.69) is 26.8 Å². The van der Waals surface area contributed by atoms with E-state index >= 15 is 0 Å². The van der Waals surface area contributed by atoms with Gasteiger partial charge in [0.15, 0.2) is 0 Å². The van der Waals surface area contributed by atoms with Crippen LogP contribution < -0.4 is 10.2 Å². The molecule has 290 valence electrons. The van der Waals surface area contributed by atoms with Crippen LogP contribution in [0, 0.1) is 0 Å². The number of halogens is 3. The van der Waals surface area contributed by atoms with Crippen molar-refractivity contribution in [2.24, 2.45) is 0 Å². The van der Waals surface area contributed by atoms with E-state index in [1.54, 1.807) is 22.7 Å². The second-order valence-electron chi connectivity index (χ2n) is 13.9. The van der Waals surface area contributed by atoms with Crippen LogP contribution in [0.15, 0.2) is 103 Å². The van der Waals surface area contributed by atoms with Crippen LogP contribution in [0.25, 0.3) is 5.69 Å². The first-order valence-corrected chi connectivity index (χ1v) is 18.4. The zero-order valence-corrected chi connectivity index (χ0v) is 31.0. The van der Waals surface area contributed by atoms with E-state index in [0.717, 1.165) is 68.3 Å². The molecule has 0 spiro atoms. The van der Waals surface area contributed by atoms with Crippen molar-refractivity contribution in [1.82, 2.24) is 29.8 Å². The van der Waals surface area contributed by atoms with Crippen molar-refractivity contribution >= 4 is 23.5 Å². The molecule has 3 aromatic carbocycles. The Hall–Kier alpha value is -5.31. The van der Waals surface area contributed by atoms with Crippen LogP contribution in [0.3, 0.4) is 0 Å². The number of benzene rings is 3. The molecule has 0 radical (unpaired) electrons. The Morgan fingerprint density at radius 2 is 1.64 bits per heavy atom. The van der Waals surface area contributed by atoms with Gasteiger partial charge in [-0.3, -0.25) is 29.1 Å². The van der Waals surface area contributed by atoms with Gasteiger partial charge in [0.2, 0.25) is 0 Å². The molecule has 1 unspecified atom stereocenters. The van der Waals surface area contributed by atoms with Crippen molar-refractivity contribution in [3.05, 3.63) is 126 Å². The first kappa shape index (κ1) is 39.4. The van der Waals surface area contributed by atoms with Crippen LogP contribution >= 0.6 is 0 Å². The van der Waals surface area contributed by atoms with Gasteiger partial charge in [-0.15, -0.1) is 0 Å². The lowest BCUT2D eigenvalue weighted by atomic mass is 10.0. The summed E-state index contributed by atoms with van der Waals surface area (Å²) in [6, 6.07) is 23.2. The molecule has 4 aromatic rings. The number of likely N-dealkylation sites (N-methyl/N-ethyl adjacent to an activating group) is 2. The predicted octanol–water partition coefficient (Wildman–Crippen LogP) is 4.82. The maximum absolute atomic E-state index is 13.1. The number of para-hydroxylation sites is 1. The average Bonchev–Trinajstić information content (AvgIpc) is 3.59. The highest BCUT2D eigenvalue weighted by Crippen LogP contribution is 2.32. The molecule has 3 aliphatic rings. The Labute approximate surface area is 318 Å². The second kappa shape index (κ2) is 17.4. The summed E-state index contributed by atoms with van der Waals surface area (Å²) in [4.78, 5) is 46.3. The molecule has 1 atom stereocenters. The van der Waals surface area contributed by atoms with E-state index in [9.17, 15) is 27.6 Å². The zero-order chi connectivity index (χ0) is 39.1. The summed E-state index contributed by atoms with van der Waals surface area (Å²) >= 11 is 0. The standard InChI is InChI=1S/C22H19F3N4O2.C19H27N3O2/c1-2-28-20-15(13-26-29(20)17-9-4-3-5-10-17)12-18(21(28)31)27-19(30)14-7-6-8-16(11-14)22(23,24)25;1-16(19(23)20(2)13-17-6-4-3-5-7-17)12-21-8-10-22(11-9-21)18-14-24-15-18/h3-11,13,18H,2,12H2,1H3,(H,27,30);3-7,18H,1,8-15H2,2H3. The monoisotopic (exact) mass is 757 g/mol. The summed E-state index contributed by atoms with van der Waals surface area (Å²) in [7, 11) is 1.84. The summed E-state index contributed by atoms with van der Waals surface area (Å²) in [5.41, 5.74) is 2.29. The predicted molar refractivity (Wildman–Crippen MR) is 203 cm³/mol. The fraction of sp³-hybridized carbons (Fsp3) is 0.366. The number of hydrogen-bond acceptors (Lipinski definition) is 7. The number of alkyl halides is 3. The number of nitrogens with zero attached hydrogens (tertiary/aromatic N) is 6. The van der Waals surface area contributed by atoms with E-state index in [1.165, 1.54) is 17.0 Å². The Morgan fingerprint density at radius 3 is 2.25 bits per heavy atom. The highest BCUT2D eigenvalue weighted by molar-refractivity contribution is 6.04. The molecule has 4 heterocycles. The normalized spacial score (nSPS) is 17.7. The second-order valence-corrected chi connectivity index (χ2v) is 13.9. The molecule has 2 fully saturated rings. The number of rotatable bonds is 10. The molecule has 11 nitrogen and oxygen atoms in total. The third-order valence-corrected chi connectivity index (χ3v) is 10.0. The van der Waals surface area contributed by atoms with Crippen molar-refractivity contribution in [1.29, 1.82) is 0 Å². The number of carbonyl (C=O) groups is 3. The SMILES string of the molecule is C=C(CN1CCN(C2COC2)CC1)C(=O)N(C)Cc1ccccc1.CCN1C(=O)C(NC(=O)c2cccc(C(F)(F)F)c2)Cc2cnn(-c3ccccc3)c21. The molecular weight excluding hydrogens is 711 g/mol.